The second kappa shape index (κ2) is 10.9. The number of anilines is 1. The molecule has 0 fully saturated rings. The molecular formula is C24H32ClN3O5S. The lowest BCUT2D eigenvalue weighted by atomic mass is 10.0. The van der Waals surface area contributed by atoms with Crippen LogP contribution in [-0.2, 0) is 21.2 Å². The van der Waals surface area contributed by atoms with Crippen molar-refractivity contribution in [1.29, 1.82) is 0 Å². The number of carbonyl (C=O) groups excluding carboxylic acids is 1. The zero-order valence-corrected chi connectivity index (χ0v) is 21.4. The first-order chi connectivity index (χ1) is 16.0. The predicted octanol–water partition coefficient (Wildman–Crippen LogP) is 2.85. The van der Waals surface area contributed by atoms with Gasteiger partial charge in [-0.25, -0.2) is 8.42 Å². The van der Waals surface area contributed by atoms with E-state index in [1.807, 2.05) is 32.8 Å². The number of sulfonamides is 1. The first-order valence-electron chi connectivity index (χ1n) is 11.1. The number of nitrogens with one attached hydrogen (secondary N) is 1. The van der Waals surface area contributed by atoms with Gasteiger partial charge < -0.3 is 19.6 Å². The minimum Gasteiger partial charge on any atom is -0.488 e. The van der Waals surface area contributed by atoms with Crippen molar-refractivity contribution >= 4 is 33.2 Å². The third-order valence-electron chi connectivity index (χ3n) is 5.84. The number of benzene rings is 2. The molecule has 0 spiro atoms. The molecule has 0 radical (unpaired) electrons. The van der Waals surface area contributed by atoms with Gasteiger partial charge in [-0.1, -0.05) is 18.5 Å². The van der Waals surface area contributed by atoms with Gasteiger partial charge in [-0.05, 0) is 63.5 Å². The number of hydrogen-bond donors (Lipinski definition) is 2. The molecule has 1 aliphatic heterocycles. The number of aliphatic hydroxyl groups is 1. The molecule has 10 heteroatoms. The van der Waals surface area contributed by atoms with Gasteiger partial charge in [-0.2, -0.15) is 0 Å². The fourth-order valence-corrected chi connectivity index (χ4v) is 5.07. The van der Waals surface area contributed by atoms with Crippen LogP contribution in [0.15, 0.2) is 47.4 Å². The molecule has 0 bridgehead atoms. The Hall–Kier alpha value is -2.33. The maximum absolute atomic E-state index is 13.2. The zero-order valence-electron chi connectivity index (χ0n) is 19.9. The molecule has 2 N–H and O–H groups in total. The Balaban J connectivity index is 1.97. The lowest BCUT2D eigenvalue weighted by Gasteiger charge is -2.33. The van der Waals surface area contributed by atoms with Crippen LogP contribution in [0.25, 0.3) is 0 Å². The van der Waals surface area contributed by atoms with Crippen LogP contribution in [0.5, 0.6) is 5.75 Å². The molecule has 1 heterocycles. The largest absolute Gasteiger partial charge is 0.488 e. The first-order valence-corrected chi connectivity index (χ1v) is 13.0. The van der Waals surface area contributed by atoms with Crippen molar-refractivity contribution in [2.24, 2.45) is 5.92 Å². The molecule has 2 aromatic carbocycles. The molecule has 0 saturated carbocycles. The number of rotatable bonds is 7. The van der Waals surface area contributed by atoms with Gasteiger partial charge in [0.25, 0.3) is 10.0 Å². The minimum absolute atomic E-state index is 0.00869. The van der Waals surface area contributed by atoms with Crippen molar-refractivity contribution in [3.8, 4) is 5.75 Å². The Morgan fingerprint density at radius 2 is 1.91 bits per heavy atom. The SMILES string of the molecule is C[C@H](CO)N1C[C@H](C)[C@H](CN(C)C)Oc2ccc(NS(=O)(=O)c3ccc(Cl)cc3)cc2CC1=O. The summed E-state index contributed by atoms with van der Waals surface area (Å²) in [5.41, 5.74) is 0.901. The van der Waals surface area contributed by atoms with Gasteiger partial charge in [0.1, 0.15) is 11.9 Å². The van der Waals surface area contributed by atoms with E-state index in [0.717, 1.165) is 0 Å². The molecule has 0 aromatic heterocycles. The van der Waals surface area contributed by atoms with E-state index >= 15 is 0 Å². The number of fused-ring (bicyclic) bond motifs is 1. The number of halogens is 1. The Labute approximate surface area is 206 Å². The van der Waals surface area contributed by atoms with E-state index in [1.54, 1.807) is 23.1 Å². The number of aliphatic hydroxyl groups excluding tert-OH is 1. The Kier molecular flexibility index (Phi) is 8.46. The van der Waals surface area contributed by atoms with E-state index in [0.29, 0.717) is 35.1 Å². The van der Waals surface area contributed by atoms with Crippen molar-refractivity contribution in [2.75, 3.05) is 38.5 Å². The first kappa shape index (κ1) is 26.3. The highest BCUT2D eigenvalue weighted by Gasteiger charge is 2.31. The van der Waals surface area contributed by atoms with Crippen molar-refractivity contribution in [1.82, 2.24) is 9.80 Å². The van der Waals surface area contributed by atoms with E-state index in [2.05, 4.69) is 4.72 Å². The summed E-state index contributed by atoms with van der Waals surface area (Å²) in [5.74, 6) is 0.399. The lowest BCUT2D eigenvalue weighted by molar-refractivity contribution is -0.134. The Morgan fingerprint density at radius 1 is 1.24 bits per heavy atom. The van der Waals surface area contributed by atoms with Crippen LogP contribution >= 0.6 is 11.6 Å². The van der Waals surface area contributed by atoms with Gasteiger partial charge in [0, 0.05) is 35.3 Å². The van der Waals surface area contributed by atoms with Crippen LogP contribution in [0, 0.1) is 5.92 Å². The standard InChI is InChI=1S/C24H32ClN3O5S/c1-16-13-28(17(2)15-29)24(30)12-18-11-20(7-10-22(18)33-23(16)14-27(3)4)26-34(31,32)21-8-5-19(25)6-9-21/h5-11,16-17,23,26,29H,12-15H2,1-4H3/t16-,17+,23-/m0/s1. The van der Waals surface area contributed by atoms with Crippen LogP contribution in [-0.4, -0.2) is 75.2 Å². The summed E-state index contributed by atoms with van der Waals surface area (Å²) < 4.78 is 34.6. The highest BCUT2D eigenvalue weighted by atomic mass is 35.5. The van der Waals surface area contributed by atoms with E-state index in [9.17, 15) is 18.3 Å². The molecule has 1 aliphatic rings. The van der Waals surface area contributed by atoms with Gasteiger partial charge in [0.2, 0.25) is 5.91 Å². The highest BCUT2D eigenvalue weighted by molar-refractivity contribution is 7.92. The Bertz CT molecular complexity index is 1110. The van der Waals surface area contributed by atoms with E-state index in [4.69, 9.17) is 16.3 Å². The van der Waals surface area contributed by atoms with Crippen LogP contribution in [0.4, 0.5) is 5.69 Å². The molecule has 1 amide bonds. The van der Waals surface area contributed by atoms with Crippen LogP contribution in [0.1, 0.15) is 19.4 Å². The zero-order chi connectivity index (χ0) is 25.0. The molecule has 0 saturated heterocycles. The molecular weight excluding hydrogens is 478 g/mol. The maximum atomic E-state index is 13.2. The van der Waals surface area contributed by atoms with Crippen LogP contribution in [0.3, 0.4) is 0 Å². The Morgan fingerprint density at radius 3 is 2.53 bits per heavy atom. The van der Waals surface area contributed by atoms with Crippen molar-refractivity contribution in [2.45, 2.75) is 37.3 Å². The van der Waals surface area contributed by atoms with Crippen molar-refractivity contribution in [3.05, 3.63) is 53.1 Å². The smallest absolute Gasteiger partial charge is 0.261 e. The molecule has 0 aliphatic carbocycles. The van der Waals surface area contributed by atoms with Crippen LogP contribution < -0.4 is 9.46 Å². The summed E-state index contributed by atoms with van der Waals surface area (Å²) in [4.78, 5) is 17.0. The summed E-state index contributed by atoms with van der Waals surface area (Å²) in [6.45, 7) is 4.77. The molecule has 8 nitrogen and oxygen atoms in total. The topological polar surface area (TPSA) is 99.2 Å². The van der Waals surface area contributed by atoms with Gasteiger partial charge in [0.15, 0.2) is 0 Å². The van der Waals surface area contributed by atoms with Crippen LogP contribution in [0.2, 0.25) is 5.02 Å². The summed E-state index contributed by atoms with van der Waals surface area (Å²) in [5, 5.41) is 10.1. The predicted molar refractivity (Wildman–Crippen MR) is 133 cm³/mol. The fourth-order valence-electron chi connectivity index (χ4n) is 3.90. The number of hydrogen-bond acceptors (Lipinski definition) is 6. The van der Waals surface area contributed by atoms with E-state index in [-0.39, 0.29) is 41.9 Å². The fraction of sp³-hybridized carbons (Fsp3) is 0.458. The van der Waals surface area contributed by atoms with Crippen molar-refractivity contribution in [3.63, 3.8) is 0 Å². The number of carbonyl (C=O) groups is 1. The third kappa shape index (κ3) is 6.41. The lowest BCUT2D eigenvalue weighted by Crippen LogP contribution is -2.47. The summed E-state index contributed by atoms with van der Waals surface area (Å²) in [7, 11) is 0.0700. The minimum atomic E-state index is -3.84. The quantitative estimate of drug-likeness (QED) is 0.595. The molecule has 3 atom stereocenters. The van der Waals surface area contributed by atoms with Gasteiger partial charge in [-0.3, -0.25) is 9.52 Å². The molecule has 2 aromatic rings. The van der Waals surface area contributed by atoms with Crippen molar-refractivity contribution < 1.29 is 23.1 Å². The molecule has 3 rings (SSSR count). The highest BCUT2D eigenvalue weighted by Crippen LogP contribution is 2.30. The number of likely N-dealkylation sites (N-methyl/N-ethyl adjacent to an activating group) is 1. The normalized spacial score (nSPS) is 20.1. The van der Waals surface area contributed by atoms with E-state index < -0.39 is 10.0 Å². The molecule has 186 valence electrons. The summed E-state index contributed by atoms with van der Waals surface area (Å²) in [6.07, 6.45) is -0.179. The number of ether oxygens (including phenoxy) is 1. The van der Waals surface area contributed by atoms with Gasteiger partial charge in [-0.15, -0.1) is 0 Å². The number of amides is 1. The van der Waals surface area contributed by atoms with Gasteiger partial charge >= 0.3 is 0 Å². The average Bonchev–Trinajstić information content (AvgIpc) is 2.81. The second-order valence-corrected chi connectivity index (χ2v) is 11.2. The van der Waals surface area contributed by atoms with E-state index in [1.165, 1.54) is 24.3 Å². The molecule has 0 unspecified atom stereocenters. The monoisotopic (exact) mass is 509 g/mol. The second-order valence-electron chi connectivity index (χ2n) is 9.03. The summed E-state index contributed by atoms with van der Waals surface area (Å²) in [6, 6.07) is 10.5. The molecule has 34 heavy (non-hydrogen) atoms. The number of nitrogens with zero attached hydrogens (tertiary/aromatic N) is 2. The summed E-state index contributed by atoms with van der Waals surface area (Å²) >= 11 is 5.87. The maximum Gasteiger partial charge on any atom is 0.261 e. The average molecular weight is 510 g/mol. The third-order valence-corrected chi connectivity index (χ3v) is 7.49. The van der Waals surface area contributed by atoms with Gasteiger partial charge in [0.05, 0.1) is 24.0 Å².